The van der Waals surface area contributed by atoms with Crippen molar-refractivity contribution < 1.29 is 4.79 Å². The average Bonchev–Trinajstić information content (AvgIpc) is 3.00. The minimum atomic E-state index is -0.234. The van der Waals surface area contributed by atoms with Crippen LogP contribution < -0.4 is 10.6 Å². The van der Waals surface area contributed by atoms with E-state index >= 15 is 0 Å². The van der Waals surface area contributed by atoms with E-state index in [-0.39, 0.29) is 11.2 Å². The SMILES string of the molecule is CCCNc1nnc(S[C@@H](C)C(=O)Nc2ccc(C(C)C)cc2)s1. The second kappa shape index (κ2) is 9.03. The third-order valence-corrected chi connectivity index (χ3v) is 5.49. The maximum Gasteiger partial charge on any atom is 0.237 e. The molecule has 0 aliphatic carbocycles. The summed E-state index contributed by atoms with van der Waals surface area (Å²) < 4.78 is 0.798. The van der Waals surface area contributed by atoms with Gasteiger partial charge in [0.15, 0.2) is 4.34 Å². The Bertz CT molecular complexity index is 655. The van der Waals surface area contributed by atoms with Gasteiger partial charge in [0.05, 0.1) is 5.25 Å². The predicted molar refractivity (Wildman–Crippen MR) is 103 cm³/mol. The molecule has 7 heteroatoms. The lowest BCUT2D eigenvalue weighted by atomic mass is 10.0. The van der Waals surface area contributed by atoms with Crippen molar-refractivity contribution in [3.63, 3.8) is 0 Å². The van der Waals surface area contributed by atoms with Crippen LogP contribution in [0.2, 0.25) is 0 Å². The van der Waals surface area contributed by atoms with Crippen molar-refractivity contribution in [3.05, 3.63) is 29.8 Å². The van der Waals surface area contributed by atoms with E-state index in [4.69, 9.17) is 0 Å². The fourth-order valence-electron chi connectivity index (χ4n) is 1.96. The highest BCUT2D eigenvalue weighted by molar-refractivity contribution is 8.02. The molecule has 1 amide bonds. The molecule has 1 aromatic heterocycles. The van der Waals surface area contributed by atoms with Crippen molar-refractivity contribution in [2.24, 2.45) is 0 Å². The molecule has 0 radical (unpaired) electrons. The first-order chi connectivity index (χ1) is 11.5. The summed E-state index contributed by atoms with van der Waals surface area (Å²) in [7, 11) is 0. The Hall–Kier alpha value is -1.60. The Morgan fingerprint density at radius 3 is 2.54 bits per heavy atom. The summed E-state index contributed by atoms with van der Waals surface area (Å²) in [4.78, 5) is 12.3. The monoisotopic (exact) mass is 364 g/mol. The number of hydrogen-bond acceptors (Lipinski definition) is 6. The van der Waals surface area contributed by atoms with Gasteiger partial charge in [-0.15, -0.1) is 10.2 Å². The zero-order valence-corrected chi connectivity index (χ0v) is 16.1. The largest absolute Gasteiger partial charge is 0.360 e. The lowest BCUT2D eigenvalue weighted by Crippen LogP contribution is -2.22. The van der Waals surface area contributed by atoms with Crippen LogP contribution in [0.4, 0.5) is 10.8 Å². The van der Waals surface area contributed by atoms with Gasteiger partial charge < -0.3 is 10.6 Å². The Labute approximate surface area is 151 Å². The van der Waals surface area contributed by atoms with Gasteiger partial charge >= 0.3 is 0 Å². The minimum Gasteiger partial charge on any atom is -0.360 e. The van der Waals surface area contributed by atoms with Gasteiger partial charge in [-0.25, -0.2) is 0 Å². The zero-order valence-electron chi connectivity index (χ0n) is 14.5. The number of carbonyl (C=O) groups excluding carboxylic acids is 1. The lowest BCUT2D eigenvalue weighted by Gasteiger charge is -2.11. The second-order valence-corrected chi connectivity index (χ2v) is 8.39. The average molecular weight is 365 g/mol. The summed E-state index contributed by atoms with van der Waals surface area (Å²) >= 11 is 2.91. The fourth-order valence-corrected chi connectivity index (χ4v) is 3.88. The van der Waals surface area contributed by atoms with Crippen LogP contribution in [0.5, 0.6) is 0 Å². The van der Waals surface area contributed by atoms with Gasteiger partial charge in [-0.05, 0) is 37.0 Å². The molecule has 1 aromatic carbocycles. The molecule has 0 bridgehead atoms. The first-order valence-electron chi connectivity index (χ1n) is 8.14. The Morgan fingerprint density at radius 1 is 1.21 bits per heavy atom. The highest BCUT2D eigenvalue weighted by Crippen LogP contribution is 2.29. The summed E-state index contributed by atoms with van der Waals surface area (Å²) in [6.45, 7) is 9.16. The van der Waals surface area contributed by atoms with E-state index in [2.05, 4.69) is 53.7 Å². The van der Waals surface area contributed by atoms with E-state index < -0.39 is 0 Å². The van der Waals surface area contributed by atoms with E-state index in [1.165, 1.54) is 28.7 Å². The first kappa shape index (κ1) is 18.7. The van der Waals surface area contributed by atoms with Gasteiger partial charge in [-0.3, -0.25) is 4.79 Å². The highest BCUT2D eigenvalue weighted by Gasteiger charge is 2.17. The molecule has 0 fully saturated rings. The molecule has 0 aliphatic rings. The molecule has 0 aliphatic heterocycles. The molecule has 1 atom stereocenters. The van der Waals surface area contributed by atoms with E-state index in [9.17, 15) is 4.79 Å². The van der Waals surface area contributed by atoms with Gasteiger partial charge in [-0.1, -0.05) is 56.0 Å². The standard InChI is InChI=1S/C17H24N4OS2/c1-5-10-18-16-20-21-17(24-16)23-12(4)15(22)19-14-8-6-13(7-9-14)11(2)3/h6-9,11-12H,5,10H2,1-4H3,(H,18,20)(H,19,22)/t12-/m0/s1. The maximum absolute atomic E-state index is 12.3. The van der Waals surface area contributed by atoms with Gasteiger partial charge in [-0.2, -0.15) is 0 Å². The molecule has 5 nitrogen and oxygen atoms in total. The quantitative estimate of drug-likeness (QED) is 0.670. The van der Waals surface area contributed by atoms with Gasteiger partial charge in [0.1, 0.15) is 0 Å². The molecular weight excluding hydrogens is 340 g/mol. The first-order valence-corrected chi connectivity index (χ1v) is 9.84. The van der Waals surface area contributed by atoms with Crippen LogP contribution in [0.25, 0.3) is 0 Å². The summed E-state index contributed by atoms with van der Waals surface area (Å²) in [6, 6.07) is 7.99. The van der Waals surface area contributed by atoms with Crippen LogP contribution >= 0.6 is 23.1 Å². The number of carbonyl (C=O) groups is 1. The van der Waals surface area contributed by atoms with Gasteiger partial charge in [0.2, 0.25) is 11.0 Å². The zero-order chi connectivity index (χ0) is 17.5. The predicted octanol–water partition coefficient (Wildman–Crippen LogP) is 4.60. The molecule has 0 unspecified atom stereocenters. The fraction of sp³-hybridized carbons (Fsp3) is 0.471. The smallest absolute Gasteiger partial charge is 0.237 e. The van der Waals surface area contributed by atoms with E-state index in [0.29, 0.717) is 5.92 Å². The summed E-state index contributed by atoms with van der Waals surface area (Å²) in [5.41, 5.74) is 2.08. The molecule has 0 saturated carbocycles. The van der Waals surface area contributed by atoms with Gasteiger partial charge in [0, 0.05) is 12.2 Å². The highest BCUT2D eigenvalue weighted by atomic mass is 32.2. The summed E-state index contributed by atoms with van der Waals surface area (Å²) in [5, 5.41) is 14.9. The van der Waals surface area contributed by atoms with Crippen molar-refractivity contribution in [1.29, 1.82) is 0 Å². The molecule has 0 saturated heterocycles. The van der Waals surface area contributed by atoms with E-state index in [0.717, 1.165) is 28.1 Å². The number of rotatable bonds is 8. The Balaban J connectivity index is 1.88. The van der Waals surface area contributed by atoms with Crippen LogP contribution in [0, 0.1) is 0 Å². The van der Waals surface area contributed by atoms with Crippen LogP contribution in [0.15, 0.2) is 28.6 Å². The number of nitrogens with one attached hydrogen (secondary N) is 2. The molecule has 2 aromatic rings. The van der Waals surface area contributed by atoms with Crippen LogP contribution in [-0.2, 0) is 4.79 Å². The van der Waals surface area contributed by atoms with Crippen LogP contribution in [0.3, 0.4) is 0 Å². The normalized spacial score (nSPS) is 12.2. The van der Waals surface area contributed by atoms with Crippen LogP contribution in [0.1, 0.15) is 45.6 Å². The summed E-state index contributed by atoms with van der Waals surface area (Å²) in [6.07, 6.45) is 1.04. The van der Waals surface area contributed by atoms with E-state index in [1.807, 2.05) is 19.1 Å². The molecule has 0 spiro atoms. The molecule has 1 heterocycles. The number of thioether (sulfide) groups is 1. The number of anilines is 2. The number of benzene rings is 1. The Morgan fingerprint density at radius 2 is 1.92 bits per heavy atom. The van der Waals surface area contributed by atoms with Gasteiger partial charge in [0.25, 0.3) is 0 Å². The second-order valence-electron chi connectivity index (χ2n) is 5.83. The van der Waals surface area contributed by atoms with Crippen molar-refractivity contribution in [1.82, 2.24) is 10.2 Å². The molecule has 2 rings (SSSR count). The number of nitrogens with zero attached hydrogens (tertiary/aromatic N) is 2. The van der Waals surface area contributed by atoms with Crippen molar-refractivity contribution in [2.45, 2.75) is 49.6 Å². The summed E-state index contributed by atoms with van der Waals surface area (Å²) in [5.74, 6) is 0.452. The third-order valence-electron chi connectivity index (χ3n) is 3.42. The maximum atomic E-state index is 12.3. The van der Waals surface area contributed by atoms with E-state index in [1.54, 1.807) is 0 Å². The van der Waals surface area contributed by atoms with Crippen molar-refractivity contribution in [2.75, 3.05) is 17.2 Å². The molecular formula is C17H24N4OS2. The van der Waals surface area contributed by atoms with Crippen molar-refractivity contribution >= 4 is 39.8 Å². The minimum absolute atomic E-state index is 0.0319. The molecule has 24 heavy (non-hydrogen) atoms. The molecule has 130 valence electrons. The number of aromatic nitrogens is 2. The van der Waals surface area contributed by atoms with Crippen molar-refractivity contribution in [3.8, 4) is 0 Å². The number of hydrogen-bond donors (Lipinski definition) is 2. The van der Waals surface area contributed by atoms with Crippen LogP contribution in [-0.4, -0.2) is 27.9 Å². The third kappa shape index (κ3) is 5.49. The molecule has 2 N–H and O–H groups in total. The topological polar surface area (TPSA) is 66.9 Å². The number of amides is 1. The lowest BCUT2D eigenvalue weighted by molar-refractivity contribution is -0.115. The Kier molecular flexibility index (Phi) is 7.05.